The molecule has 1 saturated heterocycles. The Hall–Kier alpha value is -2.24. The Kier molecular flexibility index (Phi) is 3.82. The highest BCUT2D eigenvalue weighted by Gasteiger charge is 2.48. The van der Waals surface area contributed by atoms with Crippen LogP contribution in [0.4, 0.5) is 0 Å². The van der Waals surface area contributed by atoms with E-state index in [1.807, 2.05) is 18.2 Å². The number of carboxylic acid groups (broad SMARTS) is 1. The Morgan fingerprint density at radius 2 is 1.92 bits per heavy atom. The fraction of sp³-hybridized carbons (Fsp3) is 0.556. The third-order valence-electron chi connectivity index (χ3n) is 5.17. The van der Waals surface area contributed by atoms with Gasteiger partial charge in [-0.3, -0.25) is 4.79 Å². The van der Waals surface area contributed by atoms with E-state index in [0.717, 1.165) is 36.3 Å². The molecule has 0 radical (unpaired) electrons. The van der Waals surface area contributed by atoms with Gasteiger partial charge in [-0.25, -0.2) is 4.79 Å². The van der Waals surface area contributed by atoms with Crippen molar-refractivity contribution in [2.24, 2.45) is 5.92 Å². The minimum atomic E-state index is -0.889. The lowest BCUT2D eigenvalue weighted by molar-refractivity contribution is -0.152. The van der Waals surface area contributed by atoms with Crippen LogP contribution < -0.4 is 9.47 Å². The maximum atomic E-state index is 12.8. The predicted octanol–water partition coefficient (Wildman–Crippen LogP) is 2.03. The largest absolute Gasteiger partial charge is 0.486 e. The normalized spacial score (nSPS) is 28.3. The molecule has 24 heavy (non-hydrogen) atoms. The highest BCUT2D eigenvalue weighted by Crippen LogP contribution is 2.50. The topological polar surface area (TPSA) is 76.1 Å². The first-order valence-electron chi connectivity index (χ1n) is 8.58. The van der Waals surface area contributed by atoms with Crippen molar-refractivity contribution in [1.82, 2.24) is 4.90 Å². The van der Waals surface area contributed by atoms with Crippen LogP contribution in [0.3, 0.4) is 0 Å². The average Bonchev–Trinajstić information content (AvgIpc) is 3.41. The number of hydrogen-bond donors (Lipinski definition) is 1. The maximum absolute atomic E-state index is 12.8. The lowest BCUT2D eigenvalue weighted by Gasteiger charge is -2.33. The zero-order chi connectivity index (χ0) is 16.7. The number of nitrogens with zero attached hydrogens (tertiary/aromatic N) is 1. The van der Waals surface area contributed by atoms with Gasteiger partial charge in [-0.2, -0.15) is 0 Å². The number of benzene rings is 1. The Bertz CT molecular complexity index is 673. The van der Waals surface area contributed by atoms with Gasteiger partial charge in [0.2, 0.25) is 5.91 Å². The summed E-state index contributed by atoms with van der Waals surface area (Å²) >= 11 is 0. The summed E-state index contributed by atoms with van der Waals surface area (Å²) in [5, 5.41) is 9.35. The quantitative estimate of drug-likeness (QED) is 0.917. The monoisotopic (exact) mass is 331 g/mol. The molecule has 1 aromatic carbocycles. The molecule has 2 fully saturated rings. The second-order valence-corrected chi connectivity index (χ2v) is 6.73. The van der Waals surface area contributed by atoms with Crippen LogP contribution in [0.15, 0.2) is 18.2 Å². The third-order valence-corrected chi connectivity index (χ3v) is 5.17. The lowest BCUT2D eigenvalue weighted by Crippen LogP contribution is -2.48. The van der Waals surface area contributed by atoms with Crippen LogP contribution in [0, 0.1) is 5.92 Å². The van der Waals surface area contributed by atoms with Crippen LogP contribution in [0.2, 0.25) is 0 Å². The molecule has 0 spiro atoms. The number of carboxylic acids is 1. The first-order chi connectivity index (χ1) is 11.6. The zero-order valence-corrected chi connectivity index (χ0v) is 13.4. The summed E-state index contributed by atoms with van der Waals surface area (Å²) in [5.74, 6) is 0.632. The Labute approximate surface area is 140 Å². The van der Waals surface area contributed by atoms with Crippen molar-refractivity contribution >= 4 is 11.9 Å². The van der Waals surface area contributed by atoms with E-state index in [1.54, 1.807) is 4.90 Å². The van der Waals surface area contributed by atoms with Crippen molar-refractivity contribution in [1.29, 1.82) is 0 Å². The number of ether oxygens (including phenoxy) is 2. The van der Waals surface area contributed by atoms with Crippen molar-refractivity contribution in [2.75, 3.05) is 19.8 Å². The van der Waals surface area contributed by atoms with Crippen LogP contribution in [-0.4, -0.2) is 47.7 Å². The number of carbonyl (C=O) groups is 2. The van der Waals surface area contributed by atoms with Gasteiger partial charge < -0.3 is 19.5 Å². The molecule has 1 aliphatic carbocycles. The number of hydrogen-bond acceptors (Lipinski definition) is 4. The average molecular weight is 331 g/mol. The standard InChI is InChI=1S/C18H21NO5/c20-17(19-6-2-1-3-14(19)18(21)22)13-10-12(13)11-4-5-15-16(9-11)24-8-7-23-15/h4-5,9,12-14H,1-3,6-8,10H2,(H,21,22)/t12-,13-,14-/m0/s1. The molecule has 3 atom stereocenters. The fourth-order valence-electron chi connectivity index (χ4n) is 3.79. The molecule has 2 aliphatic heterocycles. The van der Waals surface area contributed by atoms with Crippen LogP contribution in [0.1, 0.15) is 37.2 Å². The molecule has 6 nitrogen and oxygen atoms in total. The number of rotatable bonds is 3. The Balaban J connectivity index is 1.47. The molecule has 4 rings (SSSR count). The number of piperidine rings is 1. The molecule has 0 unspecified atom stereocenters. The van der Waals surface area contributed by atoms with E-state index in [4.69, 9.17) is 9.47 Å². The third kappa shape index (κ3) is 2.70. The van der Waals surface area contributed by atoms with E-state index in [1.165, 1.54) is 0 Å². The van der Waals surface area contributed by atoms with Crippen molar-refractivity contribution in [3.63, 3.8) is 0 Å². The number of carbonyl (C=O) groups excluding carboxylic acids is 1. The molecular formula is C18H21NO5. The molecule has 2 heterocycles. The summed E-state index contributed by atoms with van der Waals surface area (Å²) in [6, 6.07) is 5.17. The SMILES string of the molecule is O=C(O)[C@@H]1CCCCN1C(=O)[C@H]1C[C@H]1c1ccc2c(c1)OCCO2. The predicted molar refractivity (Wildman–Crippen MR) is 85.3 cm³/mol. The van der Waals surface area contributed by atoms with E-state index in [0.29, 0.717) is 26.2 Å². The van der Waals surface area contributed by atoms with Crippen molar-refractivity contribution in [3.8, 4) is 11.5 Å². The van der Waals surface area contributed by atoms with Gasteiger partial charge in [-0.1, -0.05) is 6.07 Å². The maximum Gasteiger partial charge on any atom is 0.326 e. The lowest BCUT2D eigenvalue weighted by atomic mass is 10.0. The van der Waals surface area contributed by atoms with Crippen molar-refractivity contribution < 1.29 is 24.2 Å². The van der Waals surface area contributed by atoms with Crippen molar-refractivity contribution in [2.45, 2.75) is 37.6 Å². The van der Waals surface area contributed by atoms with Gasteiger partial charge in [0, 0.05) is 12.5 Å². The summed E-state index contributed by atoms with van der Waals surface area (Å²) in [5.41, 5.74) is 1.07. The zero-order valence-electron chi connectivity index (χ0n) is 13.4. The minimum Gasteiger partial charge on any atom is -0.486 e. The van der Waals surface area contributed by atoms with E-state index in [2.05, 4.69) is 0 Å². The van der Waals surface area contributed by atoms with Gasteiger partial charge in [0.05, 0.1) is 0 Å². The van der Waals surface area contributed by atoms with Crippen LogP contribution >= 0.6 is 0 Å². The first kappa shape index (κ1) is 15.3. The molecule has 128 valence electrons. The van der Waals surface area contributed by atoms with E-state index < -0.39 is 12.0 Å². The molecule has 1 aromatic rings. The first-order valence-corrected chi connectivity index (χ1v) is 8.58. The van der Waals surface area contributed by atoms with E-state index in [9.17, 15) is 14.7 Å². The Morgan fingerprint density at radius 1 is 1.12 bits per heavy atom. The van der Waals surface area contributed by atoms with Gasteiger partial charge in [-0.15, -0.1) is 0 Å². The molecule has 6 heteroatoms. The van der Waals surface area contributed by atoms with E-state index in [-0.39, 0.29) is 17.7 Å². The summed E-state index contributed by atoms with van der Waals surface area (Å²) < 4.78 is 11.1. The number of amides is 1. The number of fused-ring (bicyclic) bond motifs is 1. The highest BCUT2D eigenvalue weighted by atomic mass is 16.6. The molecule has 0 aromatic heterocycles. The van der Waals surface area contributed by atoms with Crippen molar-refractivity contribution in [3.05, 3.63) is 23.8 Å². The summed E-state index contributed by atoms with van der Waals surface area (Å²) in [7, 11) is 0. The van der Waals surface area contributed by atoms with Crippen LogP contribution in [0.5, 0.6) is 11.5 Å². The molecule has 3 aliphatic rings. The molecule has 0 bridgehead atoms. The number of aliphatic carboxylic acids is 1. The highest BCUT2D eigenvalue weighted by molar-refractivity contribution is 5.88. The molecular weight excluding hydrogens is 310 g/mol. The fourth-order valence-corrected chi connectivity index (χ4v) is 3.79. The van der Waals surface area contributed by atoms with Crippen LogP contribution in [-0.2, 0) is 9.59 Å². The summed E-state index contributed by atoms with van der Waals surface area (Å²) in [6.45, 7) is 1.65. The minimum absolute atomic E-state index is 0.0120. The van der Waals surface area contributed by atoms with E-state index >= 15 is 0 Å². The smallest absolute Gasteiger partial charge is 0.326 e. The molecule has 1 saturated carbocycles. The van der Waals surface area contributed by atoms with Gasteiger partial charge in [0.15, 0.2) is 11.5 Å². The second-order valence-electron chi connectivity index (χ2n) is 6.73. The molecule has 1 amide bonds. The molecule has 1 N–H and O–H groups in total. The number of likely N-dealkylation sites (tertiary alicyclic amines) is 1. The van der Waals surface area contributed by atoms with Gasteiger partial charge in [-0.05, 0) is 49.3 Å². The summed E-state index contributed by atoms with van der Waals surface area (Å²) in [4.78, 5) is 25.7. The van der Waals surface area contributed by atoms with Gasteiger partial charge in [0.1, 0.15) is 19.3 Å². The van der Waals surface area contributed by atoms with Crippen LogP contribution in [0.25, 0.3) is 0 Å². The van der Waals surface area contributed by atoms with Gasteiger partial charge in [0.25, 0.3) is 0 Å². The Morgan fingerprint density at radius 3 is 2.71 bits per heavy atom. The summed E-state index contributed by atoms with van der Waals surface area (Å²) in [6.07, 6.45) is 3.09. The second kappa shape index (κ2) is 6.00. The van der Waals surface area contributed by atoms with Gasteiger partial charge >= 0.3 is 5.97 Å².